The first-order chi connectivity index (χ1) is 21.8. The summed E-state index contributed by atoms with van der Waals surface area (Å²) in [5.41, 5.74) is 0.156. The number of ketones is 1. The van der Waals surface area contributed by atoms with Crippen LogP contribution in [0.3, 0.4) is 0 Å². The van der Waals surface area contributed by atoms with Crippen molar-refractivity contribution < 1.29 is 38.1 Å². The Bertz CT molecular complexity index is 1060. The Labute approximate surface area is 337 Å². The number of carbonyl (C=O) groups is 5. The minimum Gasteiger partial charge on any atom is -0.357 e. The quantitative estimate of drug-likeness (QED) is 0.0850. The van der Waals surface area contributed by atoms with Crippen LogP contribution in [-0.2, 0) is 33.5 Å². The average molecular weight is 779 g/mol. The number of rotatable bonds is 1. The van der Waals surface area contributed by atoms with E-state index in [9.17, 15) is 24.0 Å². The maximum atomic E-state index is 11.6. The molecule has 328 valence electrons. The summed E-state index contributed by atoms with van der Waals surface area (Å²) in [4.78, 5) is 62.7. The van der Waals surface area contributed by atoms with Crippen molar-refractivity contribution in [2.75, 3.05) is 28.2 Å². The molecule has 2 amide bonds. The molecule has 1 rings (SSSR count). The number of hydroxylamine groups is 2. The smallest absolute Gasteiger partial charge is 0.357 e. The first-order valence-electron chi connectivity index (χ1n) is 17.9. The van der Waals surface area contributed by atoms with Crippen molar-refractivity contribution in [1.29, 1.82) is 0 Å². The number of carbonyl (C=O) groups excluding carboxylic acids is 5. The van der Waals surface area contributed by atoms with Gasteiger partial charge in [-0.1, -0.05) is 133 Å². The lowest BCUT2D eigenvalue weighted by atomic mass is 9.92. The van der Waals surface area contributed by atoms with E-state index in [1.54, 1.807) is 44.1 Å². The Morgan fingerprint density at radius 1 is 0.611 bits per heavy atom. The van der Waals surface area contributed by atoms with Gasteiger partial charge in [-0.05, 0) is 64.7 Å². The van der Waals surface area contributed by atoms with Gasteiger partial charge in [0.1, 0.15) is 5.78 Å². The Balaban J connectivity index is -0.0000000830. The Hall–Kier alpha value is -2.78. The van der Waals surface area contributed by atoms with Crippen LogP contribution in [0.1, 0.15) is 188 Å². The van der Waals surface area contributed by atoms with E-state index in [0.717, 1.165) is 0 Å². The number of Topliss-reactive ketones (excluding diaryl/α,β-unsaturated/α-hetero) is 1. The number of ether oxygens (including phenoxy) is 1. The first-order valence-corrected chi connectivity index (χ1v) is 17.9. The molecular formula is C44H96N3O7+. The van der Waals surface area contributed by atoms with Gasteiger partial charge in [0.25, 0.3) is 11.8 Å². The molecule has 0 aromatic heterocycles. The summed E-state index contributed by atoms with van der Waals surface area (Å²) >= 11 is 0. The maximum absolute atomic E-state index is 11.6. The van der Waals surface area contributed by atoms with E-state index in [1.807, 2.05) is 69.7 Å². The Kier molecular flexibility index (Phi) is 35.5. The van der Waals surface area contributed by atoms with Gasteiger partial charge in [0.2, 0.25) is 0 Å². The third kappa shape index (κ3) is 51.3. The van der Waals surface area contributed by atoms with E-state index in [1.165, 1.54) is 0 Å². The number of esters is 1. The minimum atomic E-state index is -0.730. The van der Waals surface area contributed by atoms with Crippen LogP contribution in [0.15, 0.2) is 0 Å². The predicted octanol–water partition coefficient (Wildman–Crippen LogP) is 11.3. The summed E-state index contributed by atoms with van der Waals surface area (Å²) in [6.07, 6.45) is 0.107. The van der Waals surface area contributed by atoms with Crippen LogP contribution in [0, 0.1) is 38.4 Å². The molecule has 1 aliphatic rings. The maximum Gasteiger partial charge on any atom is 0.453 e. The zero-order valence-corrected chi connectivity index (χ0v) is 38.5. The number of hydrogen-bond acceptors (Lipinski definition) is 7. The van der Waals surface area contributed by atoms with Crippen LogP contribution in [0.2, 0.25) is 0 Å². The summed E-state index contributed by atoms with van der Waals surface area (Å²) in [6, 6.07) is 0.546. The van der Waals surface area contributed by atoms with Crippen LogP contribution in [-0.4, -0.2) is 78.3 Å². The molecule has 0 spiro atoms. The molecule has 1 unspecified atom stereocenters. The van der Waals surface area contributed by atoms with E-state index in [0.29, 0.717) is 27.3 Å². The van der Waals surface area contributed by atoms with E-state index in [4.69, 9.17) is 9.57 Å². The van der Waals surface area contributed by atoms with E-state index >= 15 is 0 Å². The second-order valence-corrected chi connectivity index (χ2v) is 21.3. The summed E-state index contributed by atoms with van der Waals surface area (Å²) in [7, 11) is 7.35. The van der Waals surface area contributed by atoms with Gasteiger partial charge in [0.05, 0.1) is 39.0 Å². The SMILES string of the molecule is C.C.C.CC(=O)C(C)(C)C.CC(C)(C)C.CC(C)(C)C.CC(C)(C)C.CC1CC(=O)N(OC(=O)C(C)(C)C)C1=O.CN(C)C(OC(=O)C(C)(C)C)=[N+](C)C. The second-order valence-electron chi connectivity index (χ2n) is 21.3. The molecule has 1 atom stereocenters. The fourth-order valence-corrected chi connectivity index (χ4v) is 1.89. The number of amidine groups is 1. The predicted molar refractivity (Wildman–Crippen MR) is 233 cm³/mol. The van der Waals surface area contributed by atoms with E-state index in [-0.39, 0.29) is 45.9 Å². The number of imide groups is 1. The highest BCUT2D eigenvalue weighted by atomic mass is 16.7. The zero-order valence-electron chi connectivity index (χ0n) is 38.5. The Morgan fingerprint density at radius 3 is 1.02 bits per heavy atom. The highest BCUT2D eigenvalue weighted by Gasteiger charge is 2.40. The first kappa shape index (κ1) is 69.2. The van der Waals surface area contributed by atoms with Gasteiger partial charge in [-0.3, -0.25) is 19.2 Å². The molecule has 10 heteroatoms. The highest BCUT2D eigenvalue weighted by molar-refractivity contribution is 6.03. The topological polar surface area (TPSA) is 113 Å². The summed E-state index contributed by atoms with van der Waals surface area (Å²) < 4.78 is 7.03. The van der Waals surface area contributed by atoms with Crippen molar-refractivity contribution in [1.82, 2.24) is 9.96 Å². The van der Waals surface area contributed by atoms with Gasteiger partial charge in [-0.15, -0.1) is 5.06 Å². The molecule has 1 heterocycles. The molecule has 0 aromatic rings. The van der Waals surface area contributed by atoms with Crippen LogP contribution < -0.4 is 0 Å². The van der Waals surface area contributed by atoms with Crippen molar-refractivity contribution in [3.05, 3.63) is 0 Å². The molecule has 10 nitrogen and oxygen atoms in total. The fourth-order valence-electron chi connectivity index (χ4n) is 1.89. The highest BCUT2D eigenvalue weighted by Crippen LogP contribution is 2.23. The minimum absolute atomic E-state index is 0. The molecule has 0 saturated carbocycles. The molecule has 1 saturated heterocycles. The standard InChI is InChI=1S/C10H21N2O2.C10H15NO4.C6H12O.3C5H12.3CH4/c1-10(2,3)8(13)14-9(11(4)5)12(6)7;1-6-5-7(12)11(8(6)13)15-9(14)10(2,3)4;1-5(7)6(2,3)4;3*1-5(2,3)4;;;/h1-7H3;6H,5H2,1-4H3;1-4H3;3*1-4H3;3*1H4/q+1;;;;;;;;. The number of hydrogen-bond donors (Lipinski definition) is 0. The number of amides is 2. The van der Waals surface area contributed by atoms with Crippen molar-refractivity contribution in [2.24, 2.45) is 38.4 Å². The molecule has 1 fully saturated rings. The lowest BCUT2D eigenvalue weighted by Crippen LogP contribution is -2.37. The molecule has 1 aliphatic heterocycles. The third-order valence-electron chi connectivity index (χ3n) is 4.73. The van der Waals surface area contributed by atoms with Gasteiger partial charge < -0.3 is 9.57 Å². The average Bonchev–Trinajstić information content (AvgIpc) is 3.03. The van der Waals surface area contributed by atoms with Crippen molar-refractivity contribution in [3.8, 4) is 0 Å². The summed E-state index contributed by atoms with van der Waals surface area (Å²) in [5, 5.41) is 0.582. The second kappa shape index (κ2) is 27.7. The van der Waals surface area contributed by atoms with Crippen molar-refractivity contribution >= 4 is 35.6 Å². The van der Waals surface area contributed by atoms with Gasteiger partial charge >= 0.3 is 18.0 Å². The Morgan fingerprint density at radius 2 is 0.870 bits per heavy atom. The van der Waals surface area contributed by atoms with Crippen LogP contribution in [0.5, 0.6) is 0 Å². The lowest BCUT2D eigenvalue weighted by molar-refractivity contribution is -0.479. The molecular weight excluding hydrogens is 682 g/mol. The van der Waals surface area contributed by atoms with Gasteiger partial charge in [0.15, 0.2) is 0 Å². The normalized spacial score (nSPS) is 13.8. The molecule has 0 bridgehead atoms. The molecule has 0 aliphatic carbocycles. The largest absolute Gasteiger partial charge is 0.453 e. The fraction of sp³-hybridized carbons (Fsp3) is 0.864. The van der Waals surface area contributed by atoms with Gasteiger partial charge in [0, 0.05) is 17.8 Å². The van der Waals surface area contributed by atoms with Crippen molar-refractivity contribution in [2.45, 2.75) is 188 Å². The summed E-state index contributed by atoms with van der Waals surface area (Å²) in [6.45, 7) is 45.7. The zero-order chi connectivity index (χ0) is 42.9. The van der Waals surface area contributed by atoms with Crippen molar-refractivity contribution in [3.63, 3.8) is 0 Å². The van der Waals surface area contributed by atoms with Crippen LogP contribution >= 0.6 is 0 Å². The summed E-state index contributed by atoms with van der Waals surface area (Å²) in [5.74, 6) is -1.87. The molecule has 0 aromatic carbocycles. The number of nitrogens with zero attached hydrogens (tertiary/aromatic N) is 3. The lowest BCUT2D eigenvalue weighted by Gasteiger charge is -2.20. The molecule has 0 N–H and O–H groups in total. The monoisotopic (exact) mass is 779 g/mol. The third-order valence-corrected chi connectivity index (χ3v) is 4.73. The molecule has 0 radical (unpaired) electrons. The van der Waals surface area contributed by atoms with E-state index in [2.05, 4.69) is 83.1 Å². The van der Waals surface area contributed by atoms with Crippen LogP contribution in [0.4, 0.5) is 0 Å². The van der Waals surface area contributed by atoms with Gasteiger partial charge in [-0.25, -0.2) is 14.3 Å². The van der Waals surface area contributed by atoms with Crippen LogP contribution in [0.25, 0.3) is 0 Å². The molecule has 54 heavy (non-hydrogen) atoms. The van der Waals surface area contributed by atoms with Gasteiger partial charge in [-0.2, -0.15) is 0 Å². The van der Waals surface area contributed by atoms with E-state index < -0.39 is 34.5 Å².